The second-order valence-corrected chi connectivity index (χ2v) is 6.94. The molecule has 0 spiro atoms. The normalized spacial score (nSPS) is 12.7. The summed E-state index contributed by atoms with van der Waals surface area (Å²) in [5.74, 6) is 2.91. The molecule has 2 N–H and O–H groups in total. The van der Waals surface area contributed by atoms with Crippen LogP contribution in [-0.2, 0) is 0 Å². The van der Waals surface area contributed by atoms with Crippen molar-refractivity contribution < 1.29 is 19.7 Å². The maximum atomic E-state index is 9.30. The van der Waals surface area contributed by atoms with Gasteiger partial charge in [0.25, 0.3) is 0 Å². The number of hydrogen-bond donors (Lipinski definition) is 2. The molecule has 0 amide bonds. The minimum atomic E-state index is -0.466. The second kappa shape index (κ2) is 10.4. The molecule has 0 aliphatic rings. The minimum absolute atomic E-state index is 0.0304. The zero-order valence-corrected chi connectivity index (χ0v) is 17.2. The molecule has 0 aromatic heterocycles. The van der Waals surface area contributed by atoms with Crippen molar-refractivity contribution >= 4 is 11.6 Å². The van der Waals surface area contributed by atoms with Crippen LogP contribution in [0.4, 0.5) is 0 Å². The Bertz CT molecular complexity index is 983. The van der Waals surface area contributed by atoms with Gasteiger partial charge in [0.1, 0.15) is 23.0 Å². The van der Waals surface area contributed by atoms with Crippen LogP contribution < -0.4 is 9.47 Å². The van der Waals surface area contributed by atoms with Crippen molar-refractivity contribution in [2.45, 2.75) is 20.0 Å². The van der Waals surface area contributed by atoms with Crippen molar-refractivity contribution in [3.8, 4) is 23.0 Å². The summed E-state index contributed by atoms with van der Waals surface area (Å²) >= 11 is 0. The predicted molar refractivity (Wildman–Crippen MR) is 121 cm³/mol. The molecule has 0 aliphatic heterocycles. The van der Waals surface area contributed by atoms with E-state index in [-0.39, 0.29) is 6.61 Å². The maximum absolute atomic E-state index is 9.30. The molecule has 0 saturated heterocycles. The van der Waals surface area contributed by atoms with Gasteiger partial charge in [-0.05, 0) is 79.1 Å². The number of allylic oxidation sites excluding steroid dienone is 1. The van der Waals surface area contributed by atoms with E-state index in [9.17, 15) is 5.11 Å². The third-order valence-electron chi connectivity index (χ3n) is 4.45. The summed E-state index contributed by atoms with van der Waals surface area (Å²) in [7, 11) is 0. The standard InChI is InChI=1S/C26H26O4/c1-19(17-18-27)22-7-11-24(12-8-22)30-26-15-13-25(14-16-26)29-23-9-5-21(6-10-23)4-3-20(2)28/h3-17,20,27-28H,18H2,1-2H3. The Morgan fingerprint density at radius 1 is 0.800 bits per heavy atom. The van der Waals surface area contributed by atoms with E-state index in [1.54, 1.807) is 19.1 Å². The second-order valence-electron chi connectivity index (χ2n) is 6.94. The fraction of sp³-hybridized carbons (Fsp3) is 0.154. The molecule has 0 bridgehead atoms. The van der Waals surface area contributed by atoms with Crippen molar-refractivity contribution in [1.82, 2.24) is 0 Å². The Morgan fingerprint density at radius 3 is 1.67 bits per heavy atom. The lowest BCUT2D eigenvalue weighted by Crippen LogP contribution is -1.91. The quantitative estimate of drug-likeness (QED) is 0.481. The summed E-state index contributed by atoms with van der Waals surface area (Å²) in [5.41, 5.74) is 3.07. The number of hydrogen-bond acceptors (Lipinski definition) is 4. The van der Waals surface area contributed by atoms with Gasteiger partial charge in [-0.2, -0.15) is 0 Å². The molecule has 30 heavy (non-hydrogen) atoms. The molecule has 4 heteroatoms. The van der Waals surface area contributed by atoms with Gasteiger partial charge < -0.3 is 19.7 Å². The minimum Gasteiger partial charge on any atom is -0.457 e. The van der Waals surface area contributed by atoms with Crippen molar-refractivity contribution in [3.05, 3.63) is 96.1 Å². The number of aliphatic hydroxyl groups excluding tert-OH is 2. The first kappa shape index (κ1) is 21.4. The largest absolute Gasteiger partial charge is 0.457 e. The first-order chi connectivity index (χ1) is 14.5. The topological polar surface area (TPSA) is 58.9 Å². The van der Waals surface area contributed by atoms with Crippen LogP contribution in [0.15, 0.2) is 84.9 Å². The molecular formula is C26H26O4. The summed E-state index contributed by atoms with van der Waals surface area (Å²) in [6.07, 6.45) is 4.91. The third kappa shape index (κ3) is 6.34. The SMILES string of the molecule is CC(=CCO)c1ccc(Oc2ccc(Oc3ccc(C=CC(C)O)cc3)cc2)cc1. The molecule has 1 atom stereocenters. The molecule has 3 rings (SSSR count). The lowest BCUT2D eigenvalue weighted by Gasteiger charge is -2.09. The van der Waals surface area contributed by atoms with Crippen molar-refractivity contribution in [2.24, 2.45) is 0 Å². The zero-order valence-electron chi connectivity index (χ0n) is 17.2. The van der Waals surface area contributed by atoms with Gasteiger partial charge in [0.15, 0.2) is 0 Å². The molecule has 0 saturated carbocycles. The van der Waals surface area contributed by atoms with E-state index >= 15 is 0 Å². The molecular weight excluding hydrogens is 376 g/mol. The first-order valence-corrected chi connectivity index (χ1v) is 9.83. The Kier molecular flexibility index (Phi) is 7.44. The van der Waals surface area contributed by atoms with Crippen LogP contribution in [0, 0.1) is 0 Å². The fourth-order valence-corrected chi connectivity index (χ4v) is 2.79. The molecule has 0 heterocycles. The van der Waals surface area contributed by atoms with Gasteiger partial charge in [-0.1, -0.05) is 42.5 Å². The number of aliphatic hydroxyl groups is 2. The Balaban J connectivity index is 1.59. The van der Waals surface area contributed by atoms with Crippen LogP contribution in [0.25, 0.3) is 11.6 Å². The van der Waals surface area contributed by atoms with Crippen molar-refractivity contribution in [1.29, 1.82) is 0 Å². The van der Waals surface area contributed by atoms with Crippen molar-refractivity contribution in [3.63, 3.8) is 0 Å². The smallest absolute Gasteiger partial charge is 0.127 e. The van der Waals surface area contributed by atoms with Gasteiger partial charge >= 0.3 is 0 Å². The van der Waals surface area contributed by atoms with Gasteiger partial charge in [0.2, 0.25) is 0 Å². The molecule has 1 unspecified atom stereocenters. The predicted octanol–water partition coefficient (Wildman–Crippen LogP) is 6.06. The highest BCUT2D eigenvalue weighted by atomic mass is 16.5. The van der Waals surface area contributed by atoms with E-state index in [1.165, 1.54) is 0 Å². The first-order valence-electron chi connectivity index (χ1n) is 9.83. The van der Waals surface area contributed by atoms with E-state index in [2.05, 4.69) is 0 Å². The van der Waals surface area contributed by atoms with Gasteiger partial charge in [-0.25, -0.2) is 0 Å². The molecule has 154 valence electrons. The summed E-state index contributed by atoms with van der Waals surface area (Å²) in [4.78, 5) is 0. The third-order valence-corrected chi connectivity index (χ3v) is 4.45. The summed E-state index contributed by atoms with van der Waals surface area (Å²) < 4.78 is 11.8. The molecule has 3 aromatic carbocycles. The highest BCUT2D eigenvalue weighted by molar-refractivity contribution is 5.64. The monoisotopic (exact) mass is 402 g/mol. The van der Waals surface area contributed by atoms with Gasteiger partial charge in [0.05, 0.1) is 12.7 Å². The highest BCUT2D eigenvalue weighted by Gasteiger charge is 2.02. The lowest BCUT2D eigenvalue weighted by atomic mass is 10.1. The van der Waals surface area contributed by atoms with Gasteiger partial charge in [-0.3, -0.25) is 0 Å². The van der Waals surface area contributed by atoms with Crippen LogP contribution in [0.2, 0.25) is 0 Å². The number of rotatable bonds is 8. The van der Waals surface area contributed by atoms with Gasteiger partial charge in [-0.15, -0.1) is 0 Å². The zero-order chi connectivity index (χ0) is 21.3. The van der Waals surface area contributed by atoms with E-state index in [1.807, 2.05) is 85.8 Å². The number of ether oxygens (including phenoxy) is 2. The van der Waals surface area contributed by atoms with E-state index in [4.69, 9.17) is 14.6 Å². The fourth-order valence-electron chi connectivity index (χ4n) is 2.79. The van der Waals surface area contributed by atoms with Crippen LogP contribution in [-0.4, -0.2) is 22.9 Å². The van der Waals surface area contributed by atoms with E-state index in [0.29, 0.717) is 0 Å². The van der Waals surface area contributed by atoms with E-state index < -0.39 is 6.10 Å². The van der Waals surface area contributed by atoms with Crippen molar-refractivity contribution in [2.75, 3.05) is 6.61 Å². The molecule has 3 aromatic rings. The Morgan fingerprint density at radius 2 is 1.23 bits per heavy atom. The van der Waals surface area contributed by atoms with Crippen LogP contribution in [0.5, 0.6) is 23.0 Å². The highest BCUT2D eigenvalue weighted by Crippen LogP contribution is 2.28. The average molecular weight is 402 g/mol. The molecule has 4 nitrogen and oxygen atoms in total. The summed E-state index contributed by atoms with van der Waals surface area (Å²) in [6, 6.07) is 22.8. The lowest BCUT2D eigenvalue weighted by molar-refractivity contribution is 0.245. The summed E-state index contributed by atoms with van der Waals surface area (Å²) in [6.45, 7) is 3.71. The maximum Gasteiger partial charge on any atom is 0.127 e. The van der Waals surface area contributed by atoms with E-state index in [0.717, 1.165) is 39.7 Å². The Hall–Kier alpha value is -3.34. The molecule has 0 radical (unpaired) electrons. The van der Waals surface area contributed by atoms with Gasteiger partial charge in [0, 0.05) is 0 Å². The number of benzene rings is 3. The average Bonchev–Trinajstić information content (AvgIpc) is 2.75. The molecule has 0 aliphatic carbocycles. The molecule has 0 fully saturated rings. The Labute approximate surface area is 177 Å². The van der Waals surface area contributed by atoms with Crippen LogP contribution >= 0.6 is 0 Å². The van der Waals surface area contributed by atoms with Crippen LogP contribution in [0.1, 0.15) is 25.0 Å². The van der Waals surface area contributed by atoms with Crippen LogP contribution in [0.3, 0.4) is 0 Å². The summed E-state index contributed by atoms with van der Waals surface area (Å²) in [5, 5.41) is 18.3.